The highest BCUT2D eigenvalue weighted by Gasteiger charge is 2.14. The van der Waals surface area contributed by atoms with E-state index in [0.717, 1.165) is 11.8 Å². The maximum atomic E-state index is 2.41. The van der Waals surface area contributed by atoms with Gasteiger partial charge in [-0.1, -0.05) is 118 Å². The largest absolute Gasteiger partial charge is 0.0654 e. The molecule has 0 amide bonds. The fourth-order valence-corrected chi connectivity index (χ4v) is 3.64. The van der Waals surface area contributed by atoms with Crippen LogP contribution in [0.3, 0.4) is 0 Å². The van der Waals surface area contributed by atoms with Crippen LogP contribution in [-0.2, 0) is 0 Å². The molecule has 0 radical (unpaired) electrons. The molecular formula is C21H44. The molecule has 0 heterocycles. The lowest BCUT2D eigenvalue weighted by atomic mass is 9.83. The number of unbranched alkanes of at least 4 members (excludes halogenated alkanes) is 7. The van der Waals surface area contributed by atoms with Gasteiger partial charge in [0.2, 0.25) is 0 Å². The van der Waals surface area contributed by atoms with E-state index in [4.69, 9.17) is 0 Å². The SMILES string of the molecule is CCCCCCCCC(CCC)CC(CC)CCCCC. The summed E-state index contributed by atoms with van der Waals surface area (Å²) in [7, 11) is 0. The Bertz CT molecular complexity index is 184. The summed E-state index contributed by atoms with van der Waals surface area (Å²) in [5, 5.41) is 0. The van der Waals surface area contributed by atoms with Gasteiger partial charge in [-0.15, -0.1) is 0 Å². The van der Waals surface area contributed by atoms with E-state index in [1.165, 1.54) is 96.3 Å². The highest BCUT2D eigenvalue weighted by Crippen LogP contribution is 2.28. The Labute approximate surface area is 136 Å². The smallest absolute Gasteiger partial charge is 0.0412 e. The molecule has 0 aromatic heterocycles. The summed E-state index contributed by atoms with van der Waals surface area (Å²) >= 11 is 0. The van der Waals surface area contributed by atoms with Crippen LogP contribution in [0.1, 0.15) is 124 Å². The molecule has 0 aromatic carbocycles. The zero-order chi connectivity index (χ0) is 15.8. The van der Waals surface area contributed by atoms with Gasteiger partial charge < -0.3 is 0 Å². The Morgan fingerprint density at radius 1 is 0.476 bits per heavy atom. The molecule has 0 aliphatic heterocycles. The molecule has 0 spiro atoms. The van der Waals surface area contributed by atoms with Gasteiger partial charge in [-0.3, -0.25) is 0 Å². The van der Waals surface area contributed by atoms with Gasteiger partial charge in [0, 0.05) is 0 Å². The van der Waals surface area contributed by atoms with Crippen LogP contribution in [-0.4, -0.2) is 0 Å². The van der Waals surface area contributed by atoms with E-state index in [0.29, 0.717) is 0 Å². The predicted molar refractivity (Wildman–Crippen MR) is 98.9 cm³/mol. The van der Waals surface area contributed by atoms with Crippen LogP contribution >= 0.6 is 0 Å². The normalized spacial score (nSPS) is 14.3. The van der Waals surface area contributed by atoms with E-state index in [1.54, 1.807) is 0 Å². The van der Waals surface area contributed by atoms with Gasteiger partial charge in [0.1, 0.15) is 0 Å². The summed E-state index contributed by atoms with van der Waals surface area (Å²) in [5.74, 6) is 2.03. The monoisotopic (exact) mass is 296 g/mol. The van der Waals surface area contributed by atoms with E-state index in [1.807, 2.05) is 0 Å². The Morgan fingerprint density at radius 3 is 1.62 bits per heavy atom. The molecule has 0 nitrogen and oxygen atoms in total. The third-order valence-electron chi connectivity index (χ3n) is 5.12. The van der Waals surface area contributed by atoms with Crippen LogP contribution in [0.4, 0.5) is 0 Å². The molecule has 128 valence electrons. The maximum Gasteiger partial charge on any atom is -0.0412 e. The van der Waals surface area contributed by atoms with Gasteiger partial charge in [-0.2, -0.15) is 0 Å². The summed E-state index contributed by atoms with van der Waals surface area (Å²) in [6.45, 7) is 9.40. The zero-order valence-electron chi connectivity index (χ0n) is 15.8. The van der Waals surface area contributed by atoms with E-state index >= 15 is 0 Å². The minimum absolute atomic E-state index is 1.01. The first-order chi connectivity index (χ1) is 10.3. The molecule has 2 unspecified atom stereocenters. The second kappa shape index (κ2) is 16.4. The third-order valence-corrected chi connectivity index (χ3v) is 5.12. The van der Waals surface area contributed by atoms with Crippen LogP contribution in [0.2, 0.25) is 0 Å². The van der Waals surface area contributed by atoms with Crippen molar-refractivity contribution in [2.75, 3.05) is 0 Å². The summed E-state index contributed by atoms with van der Waals surface area (Å²) < 4.78 is 0. The molecule has 0 bridgehead atoms. The molecule has 0 saturated carbocycles. The van der Waals surface area contributed by atoms with Crippen molar-refractivity contribution in [1.82, 2.24) is 0 Å². The van der Waals surface area contributed by atoms with Crippen molar-refractivity contribution in [3.63, 3.8) is 0 Å². The van der Waals surface area contributed by atoms with Gasteiger partial charge in [0.15, 0.2) is 0 Å². The molecule has 0 aliphatic rings. The van der Waals surface area contributed by atoms with Crippen molar-refractivity contribution in [1.29, 1.82) is 0 Å². The Morgan fingerprint density at radius 2 is 1.00 bits per heavy atom. The number of hydrogen-bond donors (Lipinski definition) is 0. The van der Waals surface area contributed by atoms with Crippen molar-refractivity contribution in [2.24, 2.45) is 11.8 Å². The van der Waals surface area contributed by atoms with Crippen molar-refractivity contribution in [3.8, 4) is 0 Å². The summed E-state index contributed by atoms with van der Waals surface area (Å²) in [5.41, 5.74) is 0. The van der Waals surface area contributed by atoms with E-state index in [9.17, 15) is 0 Å². The lowest BCUT2D eigenvalue weighted by molar-refractivity contribution is 0.299. The third kappa shape index (κ3) is 13.4. The minimum atomic E-state index is 1.01. The van der Waals surface area contributed by atoms with E-state index < -0.39 is 0 Å². The van der Waals surface area contributed by atoms with E-state index in [2.05, 4.69) is 27.7 Å². The number of hydrogen-bond acceptors (Lipinski definition) is 0. The molecule has 0 heteroatoms. The minimum Gasteiger partial charge on any atom is -0.0654 e. The second-order valence-corrected chi connectivity index (χ2v) is 7.22. The summed E-state index contributed by atoms with van der Waals surface area (Å²) in [4.78, 5) is 0. The molecule has 0 aliphatic carbocycles. The Kier molecular flexibility index (Phi) is 16.4. The average molecular weight is 297 g/mol. The topological polar surface area (TPSA) is 0 Å². The van der Waals surface area contributed by atoms with Crippen molar-refractivity contribution >= 4 is 0 Å². The van der Waals surface area contributed by atoms with Gasteiger partial charge in [0.05, 0.1) is 0 Å². The van der Waals surface area contributed by atoms with Crippen LogP contribution in [0, 0.1) is 11.8 Å². The fourth-order valence-electron chi connectivity index (χ4n) is 3.64. The molecule has 0 fully saturated rings. The molecule has 0 rings (SSSR count). The first-order valence-corrected chi connectivity index (χ1v) is 10.3. The lowest BCUT2D eigenvalue weighted by Gasteiger charge is -2.22. The highest BCUT2D eigenvalue weighted by molar-refractivity contribution is 4.67. The van der Waals surface area contributed by atoms with Crippen molar-refractivity contribution < 1.29 is 0 Å². The average Bonchev–Trinajstić information content (AvgIpc) is 2.49. The van der Waals surface area contributed by atoms with Gasteiger partial charge in [-0.25, -0.2) is 0 Å². The van der Waals surface area contributed by atoms with E-state index in [-0.39, 0.29) is 0 Å². The first-order valence-electron chi connectivity index (χ1n) is 10.3. The first kappa shape index (κ1) is 21.0. The second-order valence-electron chi connectivity index (χ2n) is 7.22. The quantitative estimate of drug-likeness (QED) is 0.252. The van der Waals surface area contributed by atoms with Crippen LogP contribution in [0.15, 0.2) is 0 Å². The molecular weight excluding hydrogens is 252 g/mol. The predicted octanol–water partition coefficient (Wildman–Crippen LogP) is 8.15. The van der Waals surface area contributed by atoms with Crippen LogP contribution in [0.5, 0.6) is 0 Å². The van der Waals surface area contributed by atoms with Gasteiger partial charge in [-0.05, 0) is 18.3 Å². The van der Waals surface area contributed by atoms with Crippen molar-refractivity contribution in [2.45, 2.75) is 124 Å². The standard InChI is InChI=1S/C21H44/c1-5-9-11-12-13-15-18-21(16-7-3)19-20(8-4)17-14-10-6-2/h20-21H,5-19H2,1-4H3. The molecule has 2 atom stereocenters. The zero-order valence-corrected chi connectivity index (χ0v) is 15.8. The van der Waals surface area contributed by atoms with Crippen molar-refractivity contribution in [3.05, 3.63) is 0 Å². The van der Waals surface area contributed by atoms with Gasteiger partial charge in [0.25, 0.3) is 0 Å². The summed E-state index contributed by atoms with van der Waals surface area (Å²) in [6, 6.07) is 0. The van der Waals surface area contributed by atoms with Crippen LogP contribution < -0.4 is 0 Å². The molecule has 0 saturated heterocycles. The fraction of sp³-hybridized carbons (Fsp3) is 1.00. The van der Waals surface area contributed by atoms with Crippen LogP contribution in [0.25, 0.3) is 0 Å². The molecule has 0 N–H and O–H groups in total. The number of rotatable bonds is 16. The Balaban J connectivity index is 3.85. The lowest BCUT2D eigenvalue weighted by Crippen LogP contribution is -2.09. The molecule has 0 aromatic rings. The van der Waals surface area contributed by atoms with Gasteiger partial charge >= 0.3 is 0 Å². The summed E-state index contributed by atoms with van der Waals surface area (Å²) in [6.07, 6.45) is 21.7. The Hall–Kier alpha value is 0. The molecule has 21 heavy (non-hydrogen) atoms. The highest BCUT2D eigenvalue weighted by atomic mass is 14.2. The maximum absolute atomic E-state index is 2.41.